The summed E-state index contributed by atoms with van der Waals surface area (Å²) in [7, 11) is -2.31. The molecule has 1 saturated heterocycles. The predicted octanol–water partition coefficient (Wildman–Crippen LogP) is 4.84. The first-order chi connectivity index (χ1) is 14.9. The zero-order chi connectivity index (χ0) is 22.0. The molecule has 8 heteroatoms. The van der Waals surface area contributed by atoms with Gasteiger partial charge in [0, 0.05) is 22.7 Å². The fourth-order valence-corrected chi connectivity index (χ4v) is 6.05. The minimum absolute atomic E-state index is 0.0475. The number of carbonyl (C=O) groups excluding carboxylic acids is 1. The largest absolute Gasteiger partial charge is 0.497 e. The number of aryl methyl sites for hydroxylation is 1. The van der Waals surface area contributed by atoms with E-state index in [4.69, 9.17) is 4.74 Å². The SMILES string of the molecule is COc1ccc(NS(=O)(=O)c2cc(C(=O)N3CCCC3c3cccs3)ccc2C)cc1. The quantitative estimate of drug-likeness (QED) is 0.576. The molecule has 6 nitrogen and oxygen atoms in total. The number of hydrogen-bond acceptors (Lipinski definition) is 5. The standard InChI is InChI=1S/C23H24N2O4S2/c1-16-7-8-17(23(26)25-13-3-5-20(25)21-6-4-14-30-21)15-22(16)31(27,28)24-18-9-11-19(29-2)12-10-18/h4,6-12,14-15,20,24H,3,5,13H2,1-2H3. The Labute approximate surface area is 186 Å². The van der Waals surface area contributed by atoms with Gasteiger partial charge < -0.3 is 9.64 Å². The summed E-state index contributed by atoms with van der Waals surface area (Å²) in [6.07, 6.45) is 1.85. The normalized spacial score (nSPS) is 16.3. The van der Waals surface area contributed by atoms with E-state index in [1.807, 2.05) is 22.4 Å². The van der Waals surface area contributed by atoms with Gasteiger partial charge in [0.05, 0.1) is 18.0 Å². The molecule has 31 heavy (non-hydrogen) atoms. The Bertz CT molecular complexity index is 1170. The molecule has 0 spiro atoms. The molecule has 1 amide bonds. The Hall–Kier alpha value is -2.84. The molecule has 2 heterocycles. The molecular weight excluding hydrogens is 432 g/mol. The van der Waals surface area contributed by atoms with E-state index >= 15 is 0 Å². The molecule has 0 bridgehead atoms. The summed E-state index contributed by atoms with van der Waals surface area (Å²) < 4.78 is 33.8. The van der Waals surface area contributed by atoms with Gasteiger partial charge in [-0.3, -0.25) is 9.52 Å². The molecule has 3 aromatic rings. The third-order valence-corrected chi connectivity index (χ3v) is 7.95. The first-order valence-corrected chi connectivity index (χ1v) is 12.4. The zero-order valence-electron chi connectivity index (χ0n) is 17.4. The lowest BCUT2D eigenvalue weighted by Crippen LogP contribution is -2.30. The molecule has 162 valence electrons. The fourth-order valence-electron chi connectivity index (χ4n) is 3.84. The maximum Gasteiger partial charge on any atom is 0.262 e. The number of hydrogen-bond donors (Lipinski definition) is 1. The van der Waals surface area contributed by atoms with E-state index in [1.54, 1.807) is 61.8 Å². The lowest BCUT2D eigenvalue weighted by molar-refractivity contribution is 0.0737. The van der Waals surface area contributed by atoms with Crippen molar-refractivity contribution >= 4 is 33.0 Å². The number of sulfonamides is 1. The number of amides is 1. The maximum absolute atomic E-state index is 13.3. The number of benzene rings is 2. The molecule has 1 aliphatic heterocycles. The van der Waals surface area contributed by atoms with E-state index < -0.39 is 10.0 Å². The molecular formula is C23H24N2O4S2. The van der Waals surface area contributed by atoms with Crippen LogP contribution in [0.3, 0.4) is 0 Å². The average molecular weight is 457 g/mol. The average Bonchev–Trinajstić information content (AvgIpc) is 3.45. The number of nitrogens with zero attached hydrogens (tertiary/aromatic N) is 1. The molecule has 1 unspecified atom stereocenters. The van der Waals surface area contributed by atoms with Crippen molar-refractivity contribution in [2.75, 3.05) is 18.4 Å². The highest BCUT2D eigenvalue weighted by molar-refractivity contribution is 7.92. The second-order valence-corrected chi connectivity index (χ2v) is 10.1. The first-order valence-electron chi connectivity index (χ1n) is 10.0. The number of rotatable bonds is 6. The monoisotopic (exact) mass is 456 g/mol. The molecule has 4 rings (SSSR count). The molecule has 1 aliphatic rings. The Morgan fingerprint density at radius 1 is 1.16 bits per heavy atom. The van der Waals surface area contributed by atoms with E-state index in [2.05, 4.69) is 4.72 Å². The Kier molecular flexibility index (Phi) is 6.02. The van der Waals surface area contributed by atoms with Crippen LogP contribution in [0.1, 0.15) is 39.7 Å². The van der Waals surface area contributed by atoms with E-state index in [0.29, 0.717) is 29.1 Å². The highest BCUT2D eigenvalue weighted by Gasteiger charge is 2.32. The van der Waals surface area contributed by atoms with Crippen LogP contribution in [0.2, 0.25) is 0 Å². The van der Waals surface area contributed by atoms with E-state index in [0.717, 1.165) is 17.7 Å². The topological polar surface area (TPSA) is 75.7 Å². The lowest BCUT2D eigenvalue weighted by Gasteiger charge is -2.24. The number of thiophene rings is 1. The van der Waals surface area contributed by atoms with Crippen LogP contribution in [0, 0.1) is 6.92 Å². The highest BCUT2D eigenvalue weighted by Crippen LogP contribution is 2.35. The highest BCUT2D eigenvalue weighted by atomic mass is 32.2. The Morgan fingerprint density at radius 2 is 1.94 bits per heavy atom. The van der Waals surface area contributed by atoms with Crippen molar-refractivity contribution in [3.63, 3.8) is 0 Å². The second kappa shape index (κ2) is 8.72. The fraction of sp³-hybridized carbons (Fsp3) is 0.261. The van der Waals surface area contributed by atoms with Crippen LogP contribution in [-0.4, -0.2) is 32.9 Å². The van der Waals surface area contributed by atoms with Crippen LogP contribution in [0.5, 0.6) is 5.75 Å². The van der Waals surface area contributed by atoms with E-state index in [-0.39, 0.29) is 16.8 Å². The summed E-state index contributed by atoms with van der Waals surface area (Å²) in [6, 6.07) is 15.6. The Balaban J connectivity index is 1.61. The van der Waals surface area contributed by atoms with Crippen LogP contribution in [0.25, 0.3) is 0 Å². The van der Waals surface area contributed by atoms with Crippen LogP contribution in [-0.2, 0) is 10.0 Å². The summed E-state index contributed by atoms with van der Waals surface area (Å²) in [5.74, 6) is 0.495. The van der Waals surface area contributed by atoms with Crippen LogP contribution in [0.4, 0.5) is 5.69 Å². The van der Waals surface area contributed by atoms with Gasteiger partial charge >= 0.3 is 0 Å². The van der Waals surface area contributed by atoms with Gasteiger partial charge in [0.25, 0.3) is 15.9 Å². The third-order valence-electron chi connectivity index (χ3n) is 5.45. The van der Waals surface area contributed by atoms with Crippen molar-refractivity contribution < 1.29 is 17.9 Å². The first kappa shape index (κ1) is 21.4. The molecule has 1 N–H and O–H groups in total. The van der Waals surface area contributed by atoms with Crippen molar-refractivity contribution in [3.05, 3.63) is 76.0 Å². The molecule has 1 atom stereocenters. The summed E-state index contributed by atoms with van der Waals surface area (Å²) in [5.41, 5.74) is 1.38. The van der Waals surface area contributed by atoms with Gasteiger partial charge in [-0.25, -0.2) is 8.42 Å². The zero-order valence-corrected chi connectivity index (χ0v) is 19.0. The molecule has 0 radical (unpaired) electrons. The maximum atomic E-state index is 13.3. The summed E-state index contributed by atoms with van der Waals surface area (Å²) >= 11 is 1.64. The van der Waals surface area contributed by atoms with Crippen molar-refractivity contribution in [2.24, 2.45) is 0 Å². The number of carbonyl (C=O) groups is 1. The van der Waals surface area contributed by atoms with Crippen LogP contribution < -0.4 is 9.46 Å². The number of likely N-dealkylation sites (tertiary alicyclic amines) is 1. The summed E-state index contributed by atoms with van der Waals surface area (Å²) in [6.45, 7) is 2.39. The Morgan fingerprint density at radius 3 is 2.61 bits per heavy atom. The van der Waals surface area contributed by atoms with Crippen LogP contribution >= 0.6 is 11.3 Å². The minimum atomic E-state index is -3.86. The van der Waals surface area contributed by atoms with Crippen molar-refractivity contribution in [2.45, 2.75) is 30.7 Å². The van der Waals surface area contributed by atoms with Crippen molar-refractivity contribution in [1.29, 1.82) is 0 Å². The predicted molar refractivity (Wildman–Crippen MR) is 122 cm³/mol. The molecule has 1 fully saturated rings. The van der Waals surface area contributed by atoms with Gasteiger partial charge in [0.2, 0.25) is 0 Å². The van der Waals surface area contributed by atoms with Gasteiger partial charge in [0.15, 0.2) is 0 Å². The number of ether oxygens (including phenoxy) is 1. The van der Waals surface area contributed by atoms with Crippen LogP contribution in [0.15, 0.2) is 64.9 Å². The summed E-state index contributed by atoms with van der Waals surface area (Å²) in [4.78, 5) is 16.4. The van der Waals surface area contributed by atoms with Gasteiger partial charge in [0.1, 0.15) is 5.75 Å². The second-order valence-electron chi connectivity index (χ2n) is 7.49. The van der Waals surface area contributed by atoms with Gasteiger partial charge in [-0.1, -0.05) is 12.1 Å². The number of anilines is 1. The van der Waals surface area contributed by atoms with Crippen molar-refractivity contribution in [1.82, 2.24) is 4.90 Å². The molecule has 1 aromatic heterocycles. The van der Waals surface area contributed by atoms with Crippen molar-refractivity contribution in [3.8, 4) is 5.75 Å². The molecule has 0 saturated carbocycles. The van der Waals surface area contributed by atoms with E-state index in [1.165, 1.54) is 6.07 Å². The molecule has 0 aliphatic carbocycles. The van der Waals surface area contributed by atoms with Gasteiger partial charge in [-0.05, 0) is 73.2 Å². The minimum Gasteiger partial charge on any atom is -0.497 e. The molecule has 2 aromatic carbocycles. The third kappa shape index (κ3) is 4.45. The smallest absolute Gasteiger partial charge is 0.262 e. The van der Waals surface area contributed by atoms with Gasteiger partial charge in [-0.2, -0.15) is 0 Å². The number of nitrogens with one attached hydrogen (secondary N) is 1. The van der Waals surface area contributed by atoms with E-state index in [9.17, 15) is 13.2 Å². The lowest BCUT2D eigenvalue weighted by atomic mass is 10.1. The van der Waals surface area contributed by atoms with Gasteiger partial charge in [-0.15, -0.1) is 11.3 Å². The number of methoxy groups -OCH3 is 1. The summed E-state index contributed by atoms with van der Waals surface area (Å²) in [5, 5.41) is 2.01.